The lowest BCUT2D eigenvalue weighted by atomic mass is 9.85. The number of hydrogen-bond donors (Lipinski definition) is 1. The lowest BCUT2D eigenvalue weighted by molar-refractivity contribution is 0.0706. The van der Waals surface area contributed by atoms with Gasteiger partial charge in [0, 0.05) is 24.2 Å². The number of carbonyl (C=O) groups is 1. The van der Waals surface area contributed by atoms with Gasteiger partial charge in [0.25, 0.3) is 5.91 Å². The summed E-state index contributed by atoms with van der Waals surface area (Å²) in [6.07, 6.45) is 3.79. The summed E-state index contributed by atoms with van der Waals surface area (Å²) < 4.78 is 0. The fraction of sp³-hybridized carbons (Fsp3) is 0.467. The summed E-state index contributed by atoms with van der Waals surface area (Å²) in [5.74, 6) is 0.759. The van der Waals surface area contributed by atoms with Gasteiger partial charge in [-0.25, -0.2) is 0 Å². The molecule has 0 radical (unpaired) electrons. The minimum Gasteiger partial charge on any atom is -0.389 e. The molecular formula is C15H20N2OS. The Kier molecular flexibility index (Phi) is 4.53. The highest BCUT2D eigenvalue weighted by molar-refractivity contribution is 7.80. The van der Waals surface area contributed by atoms with Crippen molar-refractivity contribution in [3.8, 4) is 0 Å². The Morgan fingerprint density at radius 1 is 1.42 bits per heavy atom. The average molecular weight is 276 g/mol. The third-order valence-electron chi connectivity index (χ3n) is 3.77. The fourth-order valence-electron chi connectivity index (χ4n) is 2.33. The van der Waals surface area contributed by atoms with Crippen LogP contribution in [0.15, 0.2) is 24.3 Å². The Labute approximate surface area is 119 Å². The molecule has 19 heavy (non-hydrogen) atoms. The minimum atomic E-state index is 0.0764. The van der Waals surface area contributed by atoms with Gasteiger partial charge in [0.2, 0.25) is 0 Å². The van der Waals surface area contributed by atoms with Crippen molar-refractivity contribution in [3.63, 3.8) is 0 Å². The zero-order valence-corrected chi connectivity index (χ0v) is 12.1. The van der Waals surface area contributed by atoms with Crippen molar-refractivity contribution < 1.29 is 4.79 Å². The number of hydrogen-bond acceptors (Lipinski definition) is 2. The van der Waals surface area contributed by atoms with E-state index in [0.717, 1.165) is 18.7 Å². The largest absolute Gasteiger partial charge is 0.389 e. The molecule has 3 nitrogen and oxygen atoms in total. The van der Waals surface area contributed by atoms with E-state index in [1.54, 1.807) is 6.07 Å². The van der Waals surface area contributed by atoms with Crippen molar-refractivity contribution in [2.45, 2.75) is 26.2 Å². The van der Waals surface area contributed by atoms with E-state index in [0.29, 0.717) is 16.5 Å². The van der Waals surface area contributed by atoms with Crippen LogP contribution in [-0.2, 0) is 0 Å². The molecule has 1 aliphatic carbocycles. The van der Waals surface area contributed by atoms with E-state index in [1.165, 1.54) is 19.3 Å². The van der Waals surface area contributed by atoms with Crippen LogP contribution >= 0.6 is 12.2 Å². The lowest BCUT2D eigenvalue weighted by Crippen LogP contribution is -2.37. The van der Waals surface area contributed by atoms with E-state index in [2.05, 4.69) is 0 Å². The molecule has 1 saturated carbocycles. The molecule has 0 unspecified atom stereocenters. The van der Waals surface area contributed by atoms with E-state index >= 15 is 0 Å². The first-order valence-electron chi connectivity index (χ1n) is 6.81. The van der Waals surface area contributed by atoms with Crippen LogP contribution in [0.4, 0.5) is 0 Å². The molecule has 1 aromatic carbocycles. The summed E-state index contributed by atoms with van der Waals surface area (Å²) in [6, 6.07) is 7.28. The van der Waals surface area contributed by atoms with E-state index < -0.39 is 0 Å². The SMILES string of the molecule is CCN(CC1CCC1)C(=O)c1cccc(C(N)=S)c1. The molecular weight excluding hydrogens is 256 g/mol. The number of thiocarbonyl (C=S) groups is 1. The Balaban J connectivity index is 2.11. The van der Waals surface area contributed by atoms with Crippen LogP contribution in [-0.4, -0.2) is 28.9 Å². The third-order valence-corrected chi connectivity index (χ3v) is 4.00. The highest BCUT2D eigenvalue weighted by Gasteiger charge is 2.23. The molecule has 0 spiro atoms. The molecule has 102 valence electrons. The zero-order valence-electron chi connectivity index (χ0n) is 11.3. The second-order valence-electron chi connectivity index (χ2n) is 5.09. The maximum Gasteiger partial charge on any atom is 0.253 e. The first-order chi connectivity index (χ1) is 9.11. The molecule has 4 heteroatoms. The van der Waals surface area contributed by atoms with Crippen LogP contribution < -0.4 is 5.73 Å². The van der Waals surface area contributed by atoms with Crippen molar-refractivity contribution in [1.82, 2.24) is 4.90 Å². The lowest BCUT2D eigenvalue weighted by Gasteiger charge is -2.31. The van der Waals surface area contributed by atoms with Gasteiger partial charge in [-0.2, -0.15) is 0 Å². The molecule has 2 N–H and O–H groups in total. The van der Waals surface area contributed by atoms with Gasteiger partial charge in [0.05, 0.1) is 0 Å². The summed E-state index contributed by atoms with van der Waals surface area (Å²) in [5.41, 5.74) is 7.03. The molecule has 0 aliphatic heterocycles. The van der Waals surface area contributed by atoms with E-state index in [9.17, 15) is 4.79 Å². The van der Waals surface area contributed by atoms with Gasteiger partial charge in [0.15, 0.2) is 0 Å². The predicted molar refractivity (Wildman–Crippen MR) is 81.2 cm³/mol. The smallest absolute Gasteiger partial charge is 0.253 e. The predicted octanol–water partition coefficient (Wildman–Crippen LogP) is 2.58. The molecule has 1 aromatic rings. The van der Waals surface area contributed by atoms with Crippen LogP contribution in [0.5, 0.6) is 0 Å². The molecule has 1 fully saturated rings. The first-order valence-corrected chi connectivity index (χ1v) is 7.21. The summed E-state index contributed by atoms with van der Waals surface area (Å²) in [4.78, 5) is 14.7. The Morgan fingerprint density at radius 2 is 2.11 bits per heavy atom. The summed E-state index contributed by atoms with van der Waals surface area (Å²) in [5, 5.41) is 0. The van der Waals surface area contributed by atoms with Gasteiger partial charge < -0.3 is 10.6 Å². The summed E-state index contributed by atoms with van der Waals surface area (Å²) >= 11 is 4.95. The number of nitrogens with two attached hydrogens (primary N) is 1. The van der Waals surface area contributed by atoms with E-state index in [1.807, 2.05) is 30.0 Å². The molecule has 2 rings (SSSR count). The van der Waals surface area contributed by atoms with Gasteiger partial charge >= 0.3 is 0 Å². The van der Waals surface area contributed by atoms with E-state index in [-0.39, 0.29) is 5.91 Å². The van der Waals surface area contributed by atoms with Crippen molar-refractivity contribution >= 4 is 23.1 Å². The van der Waals surface area contributed by atoms with Gasteiger partial charge in [-0.05, 0) is 37.8 Å². The molecule has 0 heterocycles. The number of amides is 1. The molecule has 1 amide bonds. The highest BCUT2D eigenvalue weighted by atomic mass is 32.1. The molecule has 1 aliphatic rings. The average Bonchev–Trinajstić information content (AvgIpc) is 2.37. The molecule has 0 saturated heterocycles. The van der Waals surface area contributed by atoms with Crippen LogP contribution in [0.2, 0.25) is 0 Å². The molecule has 0 bridgehead atoms. The summed E-state index contributed by atoms with van der Waals surface area (Å²) in [6.45, 7) is 3.63. The fourth-order valence-corrected chi connectivity index (χ4v) is 2.46. The maximum atomic E-state index is 12.5. The topological polar surface area (TPSA) is 46.3 Å². The number of benzene rings is 1. The number of carbonyl (C=O) groups excluding carboxylic acids is 1. The van der Waals surface area contributed by atoms with Gasteiger partial charge in [-0.15, -0.1) is 0 Å². The van der Waals surface area contributed by atoms with Crippen LogP contribution in [0.3, 0.4) is 0 Å². The normalized spacial score (nSPS) is 14.8. The van der Waals surface area contributed by atoms with Crippen LogP contribution in [0.25, 0.3) is 0 Å². The second-order valence-corrected chi connectivity index (χ2v) is 5.53. The number of rotatable bonds is 5. The maximum absolute atomic E-state index is 12.5. The van der Waals surface area contributed by atoms with Crippen LogP contribution in [0.1, 0.15) is 42.1 Å². The summed E-state index contributed by atoms with van der Waals surface area (Å²) in [7, 11) is 0. The van der Waals surface area contributed by atoms with Gasteiger partial charge in [0.1, 0.15) is 4.99 Å². The minimum absolute atomic E-state index is 0.0764. The number of nitrogens with zero attached hydrogens (tertiary/aromatic N) is 1. The molecule has 0 aromatic heterocycles. The zero-order chi connectivity index (χ0) is 13.8. The Bertz CT molecular complexity index is 483. The van der Waals surface area contributed by atoms with Crippen molar-refractivity contribution in [2.75, 3.05) is 13.1 Å². The van der Waals surface area contributed by atoms with E-state index in [4.69, 9.17) is 18.0 Å². The van der Waals surface area contributed by atoms with Gasteiger partial charge in [-0.3, -0.25) is 4.79 Å². The molecule has 0 atom stereocenters. The highest BCUT2D eigenvalue weighted by Crippen LogP contribution is 2.27. The van der Waals surface area contributed by atoms with Crippen LogP contribution in [0, 0.1) is 5.92 Å². The van der Waals surface area contributed by atoms with Gasteiger partial charge in [-0.1, -0.05) is 30.8 Å². The quantitative estimate of drug-likeness (QED) is 0.841. The second kappa shape index (κ2) is 6.15. The van der Waals surface area contributed by atoms with Crippen molar-refractivity contribution in [3.05, 3.63) is 35.4 Å². The third kappa shape index (κ3) is 3.32. The van der Waals surface area contributed by atoms with Crippen molar-refractivity contribution in [1.29, 1.82) is 0 Å². The monoisotopic (exact) mass is 276 g/mol. The van der Waals surface area contributed by atoms with Crippen molar-refractivity contribution in [2.24, 2.45) is 11.7 Å². The Hall–Kier alpha value is -1.42. The first kappa shape index (κ1) is 14.0. The Morgan fingerprint density at radius 3 is 2.63 bits per heavy atom. The standard InChI is InChI=1S/C15H20N2OS/c1-2-17(10-11-5-3-6-11)15(18)13-8-4-7-12(9-13)14(16)19/h4,7-9,11H,2-3,5-6,10H2,1H3,(H2,16,19).